The van der Waals surface area contributed by atoms with Gasteiger partial charge in [-0.3, -0.25) is 0 Å². The van der Waals surface area contributed by atoms with Gasteiger partial charge in [0, 0.05) is 13.1 Å². The summed E-state index contributed by atoms with van der Waals surface area (Å²) in [5, 5.41) is 0. The summed E-state index contributed by atoms with van der Waals surface area (Å²) in [5.74, 6) is 0. The van der Waals surface area contributed by atoms with Gasteiger partial charge in [-0.25, -0.2) is 8.42 Å². The fourth-order valence-electron chi connectivity index (χ4n) is 2.24. The highest BCUT2D eigenvalue weighted by Gasteiger charge is 2.22. The summed E-state index contributed by atoms with van der Waals surface area (Å²) in [5.41, 5.74) is 3.19. The zero-order valence-electron chi connectivity index (χ0n) is 12.7. The number of hydrogen-bond donors (Lipinski definition) is 0. The van der Waals surface area contributed by atoms with Crippen LogP contribution in [0, 0.1) is 13.8 Å². The Morgan fingerprint density at radius 1 is 0.952 bits per heavy atom. The van der Waals surface area contributed by atoms with Gasteiger partial charge < -0.3 is 0 Å². The summed E-state index contributed by atoms with van der Waals surface area (Å²) in [7, 11) is -3.45. The second-order valence-electron chi connectivity index (χ2n) is 5.23. The molecule has 0 fully saturated rings. The maximum absolute atomic E-state index is 12.7. The molecular formula is C17H21NO2S. The zero-order chi connectivity index (χ0) is 15.5. The quantitative estimate of drug-likeness (QED) is 0.847. The minimum atomic E-state index is -3.45. The molecule has 112 valence electrons. The summed E-state index contributed by atoms with van der Waals surface area (Å²) in [6, 6.07) is 14.9. The first-order chi connectivity index (χ1) is 9.93. The van der Waals surface area contributed by atoms with E-state index in [1.165, 1.54) is 4.31 Å². The highest BCUT2D eigenvalue weighted by atomic mass is 32.2. The second kappa shape index (κ2) is 6.41. The Morgan fingerprint density at radius 3 is 2.19 bits per heavy atom. The first-order valence-electron chi connectivity index (χ1n) is 7.06. The molecule has 0 heterocycles. The summed E-state index contributed by atoms with van der Waals surface area (Å²) < 4.78 is 26.9. The third-order valence-electron chi connectivity index (χ3n) is 3.45. The lowest BCUT2D eigenvalue weighted by Crippen LogP contribution is -2.30. The van der Waals surface area contributed by atoms with E-state index in [1.54, 1.807) is 12.1 Å². The molecule has 0 saturated carbocycles. The van der Waals surface area contributed by atoms with Gasteiger partial charge >= 0.3 is 0 Å². The van der Waals surface area contributed by atoms with Gasteiger partial charge in [-0.2, -0.15) is 4.31 Å². The van der Waals surface area contributed by atoms with Crippen LogP contribution in [0.25, 0.3) is 0 Å². The van der Waals surface area contributed by atoms with Crippen LogP contribution in [0.1, 0.15) is 23.6 Å². The van der Waals surface area contributed by atoms with Gasteiger partial charge in [0.25, 0.3) is 0 Å². The van der Waals surface area contributed by atoms with Crippen LogP contribution < -0.4 is 0 Å². The van der Waals surface area contributed by atoms with Crippen molar-refractivity contribution in [2.24, 2.45) is 0 Å². The topological polar surface area (TPSA) is 37.4 Å². The van der Waals surface area contributed by atoms with Crippen molar-refractivity contribution < 1.29 is 8.42 Å². The summed E-state index contributed by atoms with van der Waals surface area (Å²) in [4.78, 5) is 0.350. The molecule has 4 heteroatoms. The molecular weight excluding hydrogens is 282 g/mol. The first kappa shape index (κ1) is 15.7. The van der Waals surface area contributed by atoms with Crippen molar-refractivity contribution in [3.8, 4) is 0 Å². The van der Waals surface area contributed by atoms with E-state index in [0.29, 0.717) is 18.0 Å². The van der Waals surface area contributed by atoms with E-state index in [2.05, 4.69) is 0 Å². The van der Waals surface area contributed by atoms with Crippen LogP contribution in [0.4, 0.5) is 0 Å². The van der Waals surface area contributed by atoms with Gasteiger partial charge in [-0.1, -0.05) is 54.4 Å². The summed E-state index contributed by atoms with van der Waals surface area (Å²) >= 11 is 0. The highest BCUT2D eigenvalue weighted by molar-refractivity contribution is 7.89. The van der Waals surface area contributed by atoms with E-state index >= 15 is 0 Å². The maximum Gasteiger partial charge on any atom is 0.243 e. The predicted molar refractivity (Wildman–Crippen MR) is 85.6 cm³/mol. The molecule has 2 aromatic carbocycles. The van der Waals surface area contributed by atoms with Crippen LogP contribution in [0.15, 0.2) is 53.4 Å². The molecule has 0 aromatic heterocycles. The molecule has 0 amide bonds. The van der Waals surface area contributed by atoms with E-state index in [1.807, 2.05) is 57.2 Å². The van der Waals surface area contributed by atoms with Crippen molar-refractivity contribution >= 4 is 10.0 Å². The van der Waals surface area contributed by atoms with Crippen molar-refractivity contribution in [2.45, 2.75) is 32.2 Å². The fraction of sp³-hybridized carbons (Fsp3) is 0.294. The first-order valence-corrected chi connectivity index (χ1v) is 8.50. The van der Waals surface area contributed by atoms with E-state index in [4.69, 9.17) is 0 Å². The van der Waals surface area contributed by atoms with Gasteiger partial charge in [0.1, 0.15) is 0 Å². The molecule has 2 aromatic rings. The average Bonchev–Trinajstić information content (AvgIpc) is 2.45. The van der Waals surface area contributed by atoms with Crippen LogP contribution in [-0.2, 0) is 16.6 Å². The van der Waals surface area contributed by atoms with Gasteiger partial charge in [-0.15, -0.1) is 0 Å². The van der Waals surface area contributed by atoms with Gasteiger partial charge in [0.05, 0.1) is 4.90 Å². The molecule has 21 heavy (non-hydrogen) atoms. The van der Waals surface area contributed by atoms with Crippen molar-refractivity contribution in [3.05, 3.63) is 65.2 Å². The Hall–Kier alpha value is -1.65. The van der Waals surface area contributed by atoms with Crippen molar-refractivity contribution in [1.82, 2.24) is 4.31 Å². The smallest absolute Gasteiger partial charge is 0.207 e. The Balaban J connectivity index is 2.29. The molecule has 0 saturated heterocycles. The van der Waals surface area contributed by atoms with Crippen LogP contribution in [0.3, 0.4) is 0 Å². The molecule has 0 spiro atoms. The zero-order valence-corrected chi connectivity index (χ0v) is 13.5. The molecule has 2 rings (SSSR count). The third kappa shape index (κ3) is 3.71. The molecule has 0 aliphatic rings. The van der Waals surface area contributed by atoms with Crippen molar-refractivity contribution in [1.29, 1.82) is 0 Å². The minimum absolute atomic E-state index is 0.350. The number of hydrogen-bond acceptors (Lipinski definition) is 2. The lowest BCUT2D eigenvalue weighted by molar-refractivity contribution is 0.423. The van der Waals surface area contributed by atoms with E-state index in [-0.39, 0.29) is 0 Å². The minimum Gasteiger partial charge on any atom is -0.207 e. The second-order valence-corrected chi connectivity index (χ2v) is 7.17. The molecule has 0 atom stereocenters. The lowest BCUT2D eigenvalue weighted by Gasteiger charge is -2.21. The fourth-order valence-corrected chi connectivity index (χ4v) is 3.68. The predicted octanol–water partition coefficient (Wildman–Crippen LogP) is 3.51. The van der Waals surface area contributed by atoms with Crippen molar-refractivity contribution in [2.75, 3.05) is 6.54 Å². The SMILES string of the molecule is CCN(Cc1cccc(C)c1)S(=O)(=O)c1ccc(C)cc1. The number of sulfonamides is 1. The Labute approximate surface area is 127 Å². The van der Waals surface area contributed by atoms with Crippen LogP contribution >= 0.6 is 0 Å². The summed E-state index contributed by atoms with van der Waals surface area (Å²) in [6.07, 6.45) is 0. The third-order valence-corrected chi connectivity index (χ3v) is 5.39. The Bertz CT molecular complexity index is 706. The maximum atomic E-state index is 12.7. The Morgan fingerprint density at radius 2 is 1.62 bits per heavy atom. The van der Waals surface area contributed by atoms with E-state index in [0.717, 1.165) is 16.7 Å². The highest BCUT2D eigenvalue weighted by Crippen LogP contribution is 2.19. The standard InChI is InChI=1S/C17H21NO2S/c1-4-18(13-16-7-5-6-15(3)12-16)21(19,20)17-10-8-14(2)9-11-17/h5-12H,4,13H2,1-3H3. The van der Waals surface area contributed by atoms with Crippen LogP contribution in [0.5, 0.6) is 0 Å². The monoisotopic (exact) mass is 303 g/mol. The number of nitrogens with zero attached hydrogens (tertiary/aromatic N) is 1. The number of rotatable bonds is 5. The van der Waals surface area contributed by atoms with Gasteiger partial charge in [-0.05, 0) is 31.5 Å². The lowest BCUT2D eigenvalue weighted by atomic mass is 10.1. The van der Waals surface area contributed by atoms with Crippen LogP contribution in [-0.4, -0.2) is 19.3 Å². The van der Waals surface area contributed by atoms with Gasteiger partial charge in [0.2, 0.25) is 10.0 Å². The molecule has 0 radical (unpaired) electrons. The summed E-state index contributed by atoms with van der Waals surface area (Å²) in [6.45, 7) is 6.66. The Kier molecular flexibility index (Phi) is 4.80. The van der Waals surface area contributed by atoms with E-state index < -0.39 is 10.0 Å². The molecule has 3 nitrogen and oxygen atoms in total. The molecule has 0 aliphatic carbocycles. The average molecular weight is 303 g/mol. The van der Waals surface area contributed by atoms with Crippen LogP contribution in [0.2, 0.25) is 0 Å². The number of benzene rings is 2. The van der Waals surface area contributed by atoms with E-state index in [9.17, 15) is 8.42 Å². The molecule has 0 aliphatic heterocycles. The normalized spacial score (nSPS) is 11.8. The molecule has 0 N–H and O–H groups in total. The van der Waals surface area contributed by atoms with Crippen molar-refractivity contribution in [3.63, 3.8) is 0 Å². The van der Waals surface area contributed by atoms with Gasteiger partial charge in [0.15, 0.2) is 0 Å². The molecule has 0 unspecified atom stereocenters. The largest absolute Gasteiger partial charge is 0.243 e. The molecule has 0 bridgehead atoms. The number of aryl methyl sites for hydroxylation is 2.